The van der Waals surface area contributed by atoms with Crippen molar-refractivity contribution in [1.82, 2.24) is 5.16 Å². The number of thioether (sulfide) groups is 1. The molecule has 1 aliphatic rings. The van der Waals surface area contributed by atoms with Gasteiger partial charge in [0.25, 0.3) is 5.24 Å². The zero-order chi connectivity index (χ0) is 22.1. The number of hydrogen-bond donors (Lipinski definition) is 0. The van der Waals surface area contributed by atoms with Crippen LogP contribution in [-0.4, -0.2) is 22.0 Å². The summed E-state index contributed by atoms with van der Waals surface area (Å²) in [7, 11) is 0. The molecule has 0 radical (unpaired) electrons. The van der Waals surface area contributed by atoms with Gasteiger partial charge in [-0.05, 0) is 66.7 Å². The predicted octanol–water partition coefficient (Wildman–Crippen LogP) is 6.94. The fourth-order valence-electron chi connectivity index (χ4n) is 3.55. The van der Waals surface area contributed by atoms with Crippen molar-refractivity contribution in [2.45, 2.75) is 6.92 Å². The highest BCUT2D eigenvalue weighted by atomic mass is 32.2. The molecule has 7 heteroatoms. The Morgan fingerprint density at radius 2 is 1.88 bits per heavy atom. The Bertz CT molecular complexity index is 1340. The number of ether oxygens (including phenoxy) is 1. The number of rotatable bonds is 5. The number of benzene rings is 3. The van der Waals surface area contributed by atoms with Crippen molar-refractivity contribution < 1.29 is 14.1 Å². The molecule has 158 valence electrons. The summed E-state index contributed by atoms with van der Waals surface area (Å²) in [4.78, 5) is 15.5. The molecule has 0 N–H and O–H groups in total. The third-order valence-electron chi connectivity index (χ3n) is 5.03. The second-order valence-electron chi connectivity index (χ2n) is 7.10. The van der Waals surface area contributed by atoms with Crippen molar-refractivity contribution in [2.24, 2.45) is 0 Å². The highest BCUT2D eigenvalue weighted by Crippen LogP contribution is 2.38. The molecule has 0 aliphatic carbocycles. The Kier molecular flexibility index (Phi) is 5.51. The molecule has 0 spiro atoms. The largest absolute Gasteiger partial charge is 0.494 e. The normalized spacial score (nSPS) is 15.2. The summed E-state index contributed by atoms with van der Waals surface area (Å²) < 4.78 is 11.1. The van der Waals surface area contributed by atoms with Crippen molar-refractivity contribution in [3.63, 3.8) is 0 Å². The van der Waals surface area contributed by atoms with E-state index >= 15 is 0 Å². The minimum atomic E-state index is -0.124. The average Bonchev–Trinajstić information content (AvgIpc) is 3.35. The number of carbonyl (C=O) groups is 1. The van der Waals surface area contributed by atoms with Crippen molar-refractivity contribution in [3.8, 4) is 17.1 Å². The fourth-order valence-corrected chi connectivity index (χ4v) is 4.83. The van der Waals surface area contributed by atoms with E-state index in [0.717, 1.165) is 55.9 Å². The Labute approximate surface area is 194 Å². The molecule has 1 saturated heterocycles. The van der Waals surface area contributed by atoms with Crippen LogP contribution in [0.15, 0.2) is 82.2 Å². The molecule has 3 aromatic carbocycles. The maximum atomic E-state index is 12.7. The summed E-state index contributed by atoms with van der Waals surface area (Å²) in [5.41, 5.74) is 3.38. The molecule has 1 aliphatic heterocycles. The number of amides is 1. The van der Waals surface area contributed by atoms with Crippen LogP contribution in [0.3, 0.4) is 0 Å². The minimum absolute atomic E-state index is 0.124. The first kappa shape index (κ1) is 20.5. The van der Waals surface area contributed by atoms with Gasteiger partial charge in [-0.15, -0.1) is 0 Å². The van der Waals surface area contributed by atoms with Crippen molar-refractivity contribution >= 4 is 56.9 Å². The third-order valence-corrected chi connectivity index (χ3v) is 6.45. The number of hydrogen-bond acceptors (Lipinski definition) is 6. The third kappa shape index (κ3) is 3.81. The molecule has 5 rings (SSSR count). The molecule has 4 aromatic rings. The van der Waals surface area contributed by atoms with E-state index < -0.39 is 0 Å². The van der Waals surface area contributed by atoms with E-state index in [0.29, 0.717) is 11.6 Å². The van der Waals surface area contributed by atoms with E-state index in [1.807, 2.05) is 85.8 Å². The summed E-state index contributed by atoms with van der Waals surface area (Å²) in [6.45, 7) is 2.52. The number of carbonyl (C=O) groups excluding carboxylic acids is 1. The van der Waals surface area contributed by atoms with Crippen LogP contribution in [0, 0.1) is 0 Å². The highest BCUT2D eigenvalue weighted by molar-refractivity contribution is 8.20. The highest BCUT2D eigenvalue weighted by Gasteiger charge is 2.33. The van der Waals surface area contributed by atoms with Gasteiger partial charge in [-0.2, -0.15) is 0 Å². The Balaban J connectivity index is 1.46. The minimum Gasteiger partial charge on any atom is -0.494 e. The van der Waals surface area contributed by atoms with Gasteiger partial charge in [0.05, 0.1) is 22.6 Å². The zero-order valence-corrected chi connectivity index (χ0v) is 18.8. The summed E-state index contributed by atoms with van der Waals surface area (Å²) in [5, 5.41) is 4.96. The van der Waals surface area contributed by atoms with Gasteiger partial charge >= 0.3 is 0 Å². The lowest BCUT2D eigenvalue weighted by atomic mass is 10.1. The van der Waals surface area contributed by atoms with Crippen LogP contribution in [-0.2, 0) is 0 Å². The predicted molar refractivity (Wildman–Crippen MR) is 133 cm³/mol. The lowest BCUT2D eigenvalue weighted by Gasteiger charge is -2.15. The average molecular weight is 459 g/mol. The van der Waals surface area contributed by atoms with Crippen LogP contribution < -0.4 is 9.64 Å². The molecule has 0 unspecified atom stereocenters. The van der Waals surface area contributed by atoms with E-state index in [2.05, 4.69) is 5.16 Å². The van der Waals surface area contributed by atoms with Gasteiger partial charge in [0.15, 0.2) is 5.76 Å². The molecule has 0 atom stereocenters. The molecule has 1 amide bonds. The molecular formula is C25H18N2O3S2. The van der Waals surface area contributed by atoms with Gasteiger partial charge in [-0.3, -0.25) is 9.69 Å². The molecule has 0 saturated carbocycles. The van der Waals surface area contributed by atoms with Gasteiger partial charge in [0.2, 0.25) is 0 Å². The molecule has 1 fully saturated rings. The Hall–Kier alpha value is -3.42. The van der Waals surface area contributed by atoms with Gasteiger partial charge < -0.3 is 9.26 Å². The Morgan fingerprint density at radius 3 is 2.62 bits per heavy atom. The number of anilines is 1. The van der Waals surface area contributed by atoms with Crippen LogP contribution in [0.25, 0.3) is 28.3 Å². The number of aromatic nitrogens is 1. The summed E-state index contributed by atoms with van der Waals surface area (Å²) >= 11 is 6.77. The second-order valence-corrected chi connectivity index (χ2v) is 8.48. The lowest BCUT2D eigenvalue weighted by Crippen LogP contribution is -2.26. The number of thiocarbonyl (C=S) groups is 1. The van der Waals surface area contributed by atoms with Crippen molar-refractivity contribution in [1.29, 1.82) is 0 Å². The topological polar surface area (TPSA) is 55.6 Å². The first-order valence-corrected chi connectivity index (χ1v) is 11.3. The van der Waals surface area contributed by atoms with Gasteiger partial charge in [-0.25, -0.2) is 0 Å². The standard InChI is InChI=1S/C25H18N2O3S2/c1-2-29-19-11-9-18(10-12-19)27-24(31)22(32-25(27)28)15-16-8-13-21-20(14-16)23(30-26-21)17-6-4-3-5-7-17/h3-15H,2H2,1H3/b22-15-. The number of nitrogens with zero attached hydrogens (tertiary/aromatic N) is 2. The van der Waals surface area contributed by atoms with Crippen LogP contribution >= 0.6 is 24.0 Å². The van der Waals surface area contributed by atoms with Crippen LogP contribution in [0.1, 0.15) is 12.5 Å². The van der Waals surface area contributed by atoms with Crippen LogP contribution in [0.4, 0.5) is 10.5 Å². The van der Waals surface area contributed by atoms with E-state index in [-0.39, 0.29) is 5.24 Å². The van der Waals surface area contributed by atoms with Gasteiger partial charge in [0.1, 0.15) is 16.3 Å². The maximum Gasteiger partial charge on any atom is 0.296 e. The SMILES string of the molecule is CCOc1ccc(N2C(=O)S/C(=C\c3ccc4noc(-c5ccccc5)c4c3)C2=S)cc1. The molecule has 1 aromatic heterocycles. The van der Waals surface area contributed by atoms with Gasteiger partial charge in [-0.1, -0.05) is 53.8 Å². The monoisotopic (exact) mass is 458 g/mol. The smallest absolute Gasteiger partial charge is 0.296 e. The Morgan fingerprint density at radius 1 is 1.09 bits per heavy atom. The van der Waals surface area contributed by atoms with E-state index in [1.54, 1.807) is 4.90 Å². The molecular weight excluding hydrogens is 440 g/mol. The zero-order valence-electron chi connectivity index (χ0n) is 17.1. The van der Waals surface area contributed by atoms with Crippen LogP contribution in [0.2, 0.25) is 0 Å². The molecule has 32 heavy (non-hydrogen) atoms. The summed E-state index contributed by atoms with van der Waals surface area (Å²) in [6.07, 6.45) is 1.93. The molecule has 0 bridgehead atoms. The number of fused-ring (bicyclic) bond motifs is 1. The lowest BCUT2D eigenvalue weighted by molar-refractivity contribution is 0.268. The maximum absolute atomic E-state index is 12.7. The molecule has 5 nitrogen and oxygen atoms in total. The van der Waals surface area contributed by atoms with E-state index in [4.69, 9.17) is 21.5 Å². The van der Waals surface area contributed by atoms with Crippen molar-refractivity contribution in [2.75, 3.05) is 11.5 Å². The van der Waals surface area contributed by atoms with Crippen LogP contribution in [0.5, 0.6) is 5.75 Å². The fraction of sp³-hybridized carbons (Fsp3) is 0.0800. The first-order valence-electron chi connectivity index (χ1n) is 10.1. The second kappa shape index (κ2) is 8.61. The summed E-state index contributed by atoms with van der Waals surface area (Å²) in [6, 6.07) is 23.1. The van der Waals surface area contributed by atoms with E-state index in [1.165, 1.54) is 0 Å². The molecule has 2 heterocycles. The first-order chi connectivity index (χ1) is 15.6. The summed E-state index contributed by atoms with van der Waals surface area (Å²) in [5.74, 6) is 1.48. The van der Waals surface area contributed by atoms with Crippen molar-refractivity contribution in [3.05, 3.63) is 83.3 Å². The van der Waals surface area contributed by atoms with E-state index in [9.17, 15) is 4.79 Å². The quantitative estimate of drug-likeness (QED) is 0.239. The van der Waals surface area contributed by atoms with Gasteiger partial charge in [0, 0.05) is 5.56 Å².